The summed E-state index contributed by atoms with van der Waals surface area (Å²) in [5.74, 6) is 0.397. The minimum absolute atomic E-state index is 0.154. The maximum atomic E-state index is 13.0. The number of nitrogens with one attached hydrogen (secondary N) is 1. The van der Waals surface area contributed by atoms with Crippen LogP contribution in [0.4, 0.5) is 11.4 Å². The molecule has 176 valence electrons. The lowest BCUT2D eigenvalue weighted by Crippen LogP contribution is -2.37. The molecule has 2 aromatic rings. The molecule has 1 aromatic heterocycles. The van der Waals surface area contributed by atoms with Crippen LogP contribution in [-0.2, 0) is 4.79 Å². The second-order valence-electron chi connectivity index (χ2n) is 8.85. The van der Waals surface area contributed by atoms with Crippen LogP contribution in [0.3, 0.4) is 0 Å². The first kappa shape index (κ1) is 23.5. The number of carbonyl (C=O) groups is 2. The van der Waals surface area contributed by atoms with Crippen molar-refractivity contribution in [2.24, 2.45) is 0 Å². The van der Waals surface area contributed by atoms with E-state index in [0.29, 0.717) is 18.0 Å². The number of piperidine rings is 2. The fraction of sp³-hybridized carbons (Fsp3) is 0.500. The fourth-order valence-electron chi connectivity index (χ4n) is 4.66. The number of amides is 2. The Kier molecular flexibility index (Phi) is 8.15. The Morgan fingerprint density at radius 1 is 1.12 bits per heavy atom. The maximum absolute atomic E-state index is 13.0. The quantitative estimate of drug-likeness (QED) is 0.551. The third-order valence-electron chi connectivity index (χ3n) is 6.56. The highest BCUT2D eigenvalue weighted by Gasteiger charge is 2.26. The van der Waals surface area contributed by atoms with Crippen molar-refractivity contribution in [3.8, 4) is 0 Å². The fourth-order valence-corrected chi connectivity index (χ4v) is 5.63. The van der Waals surface area contributed by atoms with Gasteiger partial charge in [-0.05, 0) is 57.6 Å². The van der Waals surface area contributed by atoms with Crippen molar-refractivity contribution in [2.75, 3.05) is 36.4 Å². The monoisotopic (exact) mass is 466 g/mol. The lowest BCUT2D eigenvalue weighted by atomic mass is 9.97. The van der Waals surface area contributed by atoms with Crippen molar-refractivity contribution in [3.63, 3.8) is 0 Å². The summed E-state index contributed by atoms with van der Waals surface area (Å²) in [5.41, 5.74) is 2.42. The van der Waals surface area contributed by atoms with E-state index in [0.717, 1.165) is 61.8 Å². The molecule has 0 saturated carbocycles. The highest BCUT2D eigenvalue weighted by molar-refractivity contribution is 7.10. The molecule has 33 heavy (non-hydrogen) atoms. The van der Waals surface area contributed by atoms with Crippen molar-refractivity contribution in [1.82, 2.24) is 9.88 Å². The zero-order chi connectivity index (χ0) is 23.0. The molecule has 6 nitrogen and oxygen atoms in total. The van der Waals surface area contributed by atoms with Crippen LogP contribution in [0.5, 0.6) is 0 Å². The van der Waals surface area contributed by atoms with Gasteiger partial charge in [0.25, 0.3) is 5.91 Å². The zero-order valence-electron chi connectivity index (χ0n) is 19.5. The SMILES string of the molecule is CC=CCCC(=O)N1CCC(c2nc(C(=O)Nc3ccccc3N3CCCCC3)cs2)CC1. The summed E-state index contributed by atoms with van der Waals surface area (Å²) in [5, 5.41) is 5.96. The molecule has 2 aliphatic heterocycles. The number of benzene rings is 1. The van der Waals surface area contributed by atoms with E-state index < -0.39 is 0 Å². The number of rotatable bonds is 7. The molecule has 1 aromatic carbocycles. The molecule has 2 aliphatic rings. The first-order valence-electron chi connectivity index (χ1n) is 12.2. The van der Waals surface area contributed by atoms with Crippen LogP contribution in [0.15, 0.2) is 41.8 Å². The number of likely N-dealkylation sites (tertiary alicyclic amines) is 1. The van der Waals surface area contributed by atoms with Gasteiger partial charge in [0.2, 0.25) is 5.91 Å². The number of para-hydroxylation sites is 2. The Morgan fingerprint density at radius 3 is 2.64 bits per heavy atom. The summed E-state index contributed by atoms with van der Waals surface area (Å²) in [6, 6.07) is 8.04. The minimum Gasteiger partial charge on any atom is -0.370 e. The molecule has 4 rings (SSSR count). The number of carbonyl (C=O) groups excluding carboxylic acids is 2. The molecule has 0 unspecified atom stereocenters. The topological polar surface area (TPSA) is 65.5 Å². The van der Waals surface area contributed by atoms with Crippen LogP contribution in [0.2, 0.25) is 0 Å². The van der Waals surface area contributed by atoms with E-state index in [4.69, 9.17) is 0 Å². The second-order valence-corrected chi connectivity index (χ2v) is 9.74. The van der Waals surface area contributed by atoms with Crippen molar-refractivity contribution >= 4 is 34.5 Å². The number of thiazole rings is 1. The van der Waals surface area contributed by atoms with Crippen LogP contribution in [0.25, 0.3) is 0 Å². The predicted molar refractivity (Wildman–Crippen MR) is 135 cm³/mol. The van der Waals surface area contributed by atoms with Crippen LogP contribution >= 0.6 is 11.3 Å². The Labute approximate surface area is 200 Å². The summed E-state index contributed by atoms with van der Waals surface area (Å²) < 4.78 is 0. The van der Waals surface area contributed by atoms with Crippen molar-refractivity contribution < 1.29 is 9.59 Å². The molecule has 0 radical (unpaired) electrons. The van der Waals surface area contributed by atoms with Gasteiger partial charge in [-0.3, -0.25) is 9.59 Å². The molecule has 2 saturated heterocycles. The third kappa shape index (κ3) is 6.02. The second kappa shape index (κ2) is 11.5. The standard InChI is InChI=1S/C26H34N4O2S/c1-2-3-5-12-24(31)30-17-13-20(14-18-30)26-28-22(19-33-26)25(32)27-21-10-6-7-11-23(21)29-15-8-4-9-16-29/h2-3,6-7,10-11,19-20H,4-5,8-9,12-18H2,1H3,(H,27,32). The Balaban J connectivity index is 1.34. The Morgan fingerprint density at radius 2 is 1.88 bits per heavy atom. The maximum Gasteiger partial charge on any atom is 0.275 e. The third-order valence-corrected chi connectivity index (χ3v) is 7.57. The first-order chi connectivity index (χ1) is 16.2. The number of nitrogens with zero attached hydrogens (tertiary/aromatic N) is 3. The summed E-state index contributed by atoms with van der Waals surface area (Å²) in [7, 11) is 0. The molecular formula is C26H34N4O2S. The molecule has 1 N–H and O–H groups in total. The minimum atomic E-state index is -0.154. The number of anilines is 2. The average molecular weight is 467 g/mol. The molecule has 2 amide bonds. The zero-order valence-corrected chi connectivity index (χ0v) is 20.3. The Hall–Kier alpha value is -2.67. The normalized spacial score (nSPS) is 17.5. The van der Waals surface area contributed by atoms with Gasteiger partial charge < -0.3 is 15.1 Å². The van der Waals surface area contributed by atoms with Crippen LogP contribution in [0.1, 0.15) is 73.3 Å². The number of hydrogen-bond donors (Lipinski definition) is 1. The van der Waals surface area contributed by atoms with Gasteiger partial charge >= 0.3 is 0 Å². The lowest BCUT2D eigenvalue weighted by Gasteiger charge is -2.31. The van der Waals surface area contributed by atoms with Gasteiger partial charge in [0, 0.05) is 43.9 Å². The molecule has 7 heteroatoms. The van der Waals surface area contributed by atoms with E-state index >= 15 is 0 Å². The first-order valence-corrected chi connectivity index (χ1v) is 13.0. The summed E-state index contributed by atoms with van der Waals surface area (Å²) in [4.78, 5) is 34.3. The largest absolute Gasteiger partial charge is 0.370 e. The van der Waals surface area contributed by atoms with E-state index in [-0.39, 0.29) is 11.8 Å². The van der Waals surface area contributed by atoms with E-state index in [1.807, 2.05) is 47.6 Å². The lowest BCUT2D eigenvalue weighted by molar-refractivity contribution is -0.132. The molecule has 0 bridgehead atoms. The summed E-state index contributed by atoms with van der Waals surface area (Å²) in [6.45, 7) is 5.58. The van der Waals surface area contributed by atoms with Crippen LogP contribution in [0, 0.1) is 0 Å². The van der Waals surface area contributed by atoms with Gasteiger partial charge in [0.1, 0.15) is 5.69 Å². The molecule has 0 spiro atoms. The summed E-state index contributed by atoms with van der Waals surface area (Å²) >= 11 is 1.56. The summed E-state index contributed by atoms with van der Waals surface area (Å²) in [6.07, 6.45) is 10.9. The van der Waals surface area contributed by atoms with Crippen molar-refractivity contribution in [2.45, 2.75) is 57.8 Å². The average Bonchev–Trinajstić information content (AvgIpc) is 3.36. The molecular weight excluding hydrogens is 432 g/mol. The van der Waals surface area contributed by atoms with Crippen LogP contribution in [-0.4, -0.2) is 47.9 Å². The van der Waals surface area contributed by atoms with Gasteiger partial charge in [-0.2, -0.15) is 0 Å². The van der Waals surface area contributed by atoms with E-state index in [9.17, 15) is 9.59 Å². The van der Waals surface area contributed by atoms with Gasteiger partial charge in [0.15, 0.2) is 0 Å². The molecule has 3 heterocycles. The van der Waals surface area contributed by atoms with Crippen molar-refractivity contribution in [1.29, 1.82) is 0 Å². The Bertz CT molecular complexity index is 972. The van der Waals surface area contributed by atoms with Gasteiger partial charge in [-0.15, -0.1) is 11.3 Å². The van der Waals surface area contributed by atoms with Gasteiger partial charge in [-0.1, -0.05) is 24.3 Å². The highest BCUT2D eigenvalue weighted by Crippen LogP contribution is 2.32. The molecule has 0 atom stereocenters. The van der Waals surface area contributed by atoms with E-state index in [1.165, 1.54) is 19.3 Å². The van der Waals surface area contributed by atoms with Gasteiger partial charge in [-0.25, -0.2) is 4.98 Å². The smallest absolute Gasteiger partial charge is 0.275 e. The van der Waals surface area contributed by atoms with E-state index in [2.05, 4.69) is 21.3 Å². The van der Waals surface area contributed by atoms with Gasteiger partial charge in [0.05, 0.1) is 16.4 Å². The predicted octanol–water partition coefficient (Wildman–Crippen LogP) is 5.45. The number of allylic oxidation sites excluding steroid dienone is 2. The van der Waals surface area contributed by atoms with Crippen molar-refractivity contribution in [3.05, 3.63) is 52.5 Å². The van der Waals surface area contributed by atoms with E-state index in [1.54, 1.807) is 11.3 Å². The molecule has 2 fully saturated rings. The number of aromatic nitrogens is 1. The van der Waals surface area contributed by atoms with Crippen LogP contribution < -0.4 is 10.2 Å². The highest BCUT2D eigenvalue weighted by atomic mass is 32.1. The molecule has 0 aliphatic carbocycles. The number of hydrogen-bond acceptors (Lipinski definition) is 5.